The number of hydrogen-bond acceptors (Lipinski definition) is 6. The topological polar surface area (TPSA) is 81.7 Å². The van der Waals surface area contributed by atoms with Crippen molar-refractivity contribution in [3.05, 3.63) is 0 Å². The van der Waals surface area contributed by atoms with Crippen LogP contribution >= 0.6 is 0 Å². The molecule has 2 rings (SSSR count). The molecule has 6 nitrogen and oxygen atoms in total. The van der Waals surface area contributed by atoms with E-state index >= 15 is 0 Å². The van der Waals surface area contributed by atoms with Crippen molar-refractivity contribution in [2.75, 3.05) is 31.3 Å². The van der Waals surface area contributed by atoms with Crippen molar-refractivity contribution in [1.29, 1.82) is 0 Å². The molecule has 2 saturated heterocycles. The fraction of sp³-hybridized carbons (Fsp3) is 0.923. The van der Waals surface area contributed by atoms with Crippen LogP contribution in [0, 0.1) is 0 Å². The average Bonchev–Trinajstić information content (AvgIpc) is 2.91. The molecular weight excluding hydrogens is 282 g/mol. The number of rotatable bonds is 5. The Bertz CT molecular complexity index is 428. The third-order valence-corrected chi connectivity index (χ3v) is 5.69. The smallest absolute Gasteiger partial charge is 0.326 e. The highest BCUT2D eigenvalue weighted by atomic mass is 32.2. The molecule has 1 unspecified atom stereocenters. The number of esters is 1. The predicted octanol–water partition coefficient (Wildman–Crippen LogP) is 0.266. The van der Waals surface area contributed by atoms with E-state index in [2.05, 4.69) is 5.32 Å². The van der Waals surface area contributed by atoms with E-state index in [-0.39, 0.29) is 36.4 Å². The molecular formula is C13H23NO5S. The van der Waals surface area contributed by atoms with Crippen molar-refractivity contribution in [1.82, 2.24) is 5.32 Å². The summed E-state index contributed by atoms with van der Waals surface area (Å²) in [5, 5.41) is 3.24. The molecule has 0 spiro atoms. The number of nitrogens with one attached hydrogen (secondary N) is 1. The van der Waals surface area contributed by atoms with Gasteiger partial charge in [0.1, 0.15) is 15.4 Å². The van der Waals surface area contributed by atoms with E-state index < -0.39 is 15.4 Å². The summed E-state index contributed by atoms with van der Waals surface area (Å²) < 4.78 is 33.8. The number of hydrogen-bond donors (Lipinski definition) is 1. The summed E-state index contributed by atoms with van der Waals surface area (Å²) in [4.78, 5) is 12.2. The Morgan fingerprint density at radius 2 is 2.10 bits per heavy atom. The van der Waals surface area contributed by atoms with Crippen molar-refractivity contribution in [3.8, 4) is 0 Å². The number of ether oxygens (including phenoxy) is 2. The standard InChI is InChI=1S/C13H23NO5S/c1-2-18-12(15)13(5-8-20(16,17)9-6-13)14-10-11-4-3-7-19-11/h11,14H,2-10H2,1H3. The molecule has 2 aliphatic heterocycles. The average molecular weight is 305 g/mol. The Labute approximate surface area is 120 Å². The number of sulfone groups is 1. The van der Waals surface area contributed by atoms with Crippen molar-refractivity contribution in [3.63, 3.8) is 0 Å². The summed E-state index contributed by atoms with van der Waals surface area (Å²) in [5.74, 6) is -0.276. The fourth-order valence-corrected chi connectivity index (χ4v) is 4.25. The molecule has 7 heteroatoms. The van der Waals surface area contributed by atoms with Crippen LogP contribution in [0.2, 0.25) is 0 Å². The predicted molar refractivity (Wildman–Crippen MR) is 74.2 cm³/mol. The summed E-state index contributed by atoms with van der Waals surface area (Å²) in [6, 6.07) is 0. The molecule has 2 heterocycles. The molecule has 0 amide bonds. The molecule has 0 bridgehead atoms. The van der Waals surface area contributed by atoms with Crippen LogP contribution in [0.5, 0.6) is 0 Å². The number of carbonyl (C=O) groups excluding carboxylic acids is 1. The van der Waals surface area contributed by atoms with Crippen LogP contribution < -0.4 is 5.32 Å². The molecule has 0 aromatic carbocycles. The van der Waals surface area contributed by atoms with Gasteiger partial charge in [0.05, 0.1) is 24.2 Å². The highest BCUT2D eigenvalue weighted by Gasteiger charge is 2.44. The van der Waals surface area contributed by atoms with Crippen LogP contribution in [0.15, 0.2) is 0 Å². The van der Waals surface area contributed by atoms with E-state index in [0.717, 1.165) is 19.4 Å². The van der Waals surface area contributed by atoms with Gasteiger partial charge in [-0.15, -0.1) is 0 Å². The molecule has 0 saturated carbocycles. The molecule has 2 aliphatic rings. The van der Waals surface area contributed by atoms with Crippen LogP contribution in [0.1, 0.15) is 32.6 Å². The van der Waals surface area contributed by atoms with Gasteiger partial charge < -0.3 is 9.47 Å². The lowest BCUT2D eigenvalue weighted by molar-refractivity contribution is -0.152. The van der Waals surface area contributed by atoms with Gasteiger partial charge in [-0.25, -0.2) is 8.42 Å². The van der Waals surface area contributed by atoms with Crippen LogP contribution in [0.4, 0.5) is 0 Å². The quantitative estimate of drug-likeness (QED) is 0.734. The minimum atomic E-state index is -3.02. The van der Waals surface area contributed by atoms with E-state index in [1.807, 2.05) is 0 Å². The lowest BCUT2D eigenvalue weighted by Crippen LogP contribution is -2.58. The van der Waals surface area contributed by atoms with Crippen molar-refractivity contribution in [2.24, 2.45) is 0 Å². The second kappa shape index (κ2) is 6.41. The van der Waals surface area contributed by atoms with Gasteiger partial charge in [-0.1, -0.05) is 0 Å². The van der Waals surface area contributed by atoms with Gasteiger partial charge >= 0.3 is 5.97 Å². The van der Waals surface area contributed by atoms with E-state index in [0.29, 0.717) is 13.2 Å². The van der Waals surface area contributed by atoms with Crippen molar-refractivity contribution < 1.29 is 22.7 Å². The normalized spacial score (nSPS) is 28.1. The van der Waals surface area contributed by atoms with E-state index in [9.17, 15) is 13.2 Å². The zero-order chi connectivity index (χ0) is 14.6. The maximum atomic E-state index is 12.2. The van der Waals surface area contributed by atoms with E-state index in [1.54, 1.807) is 6.92 Å². The SMILES string of the molecule is CCOC(=O)C1(NCC2CCCO2)CCS(=O)(=O)CC1. The van der Waals surface area contributed by atoms with Crippen LogP contribution in [-0.4, -0.2) is 57.3 Å². The van der Waals surface area contributed by atoms with Gasteiger partial charge in [-0.05, 0) is 32.6 Å². The van der Waals surface area contributed by atoms with E-state index in [4.69, 9.17) is 9.47 Å². The Morgan fingerprint density at radius 1 is 1.40 bits per heavy atom. The maximum absolute atomic E-state index is 12.2. The molecule has 0 aromatic rings. The molecule has 0 aliphatic carbocycles. The van der Waals surface area contributed by atoms with Crippen LogP contribution in [0.25, 0.3) is 0 Å². The third-order valence-electron chi connectivity index (χ3n) is 4.04. The molecule has 2 fully saturated rings. The number of carbonyl (C=O) groups is 1. The minimum absolute atomic E-state index is 0.0321. The van der Waals surface area contributed by atoms with Crippen LogP contribution in [-0.2, 0) is 24.1 Å². The highest BCUT2D eigenvalue weighted by molar-refractivity contribution is 7.91. The summed E-state index contributed by atoms with van der Waals surface area (Å²) in [7, 11) is -3.02. The van der Waals surface area contributed by atoms with Gasteiger partial charge in [0.2, 0.25) is 0 Å². The summed E-state index contributed by atoms with van der Waals surface area (Å²) in [6.07, 6.45) is 2.68. The van der Waals surface area contributed by atoms with Crippen molar-refractivity contribution >= 4 is 15.8 Å². The van der Waals surface area contributed by atoms with Gasteiger partial charge in [-0.2, -0.15) is 0 Å². The Kier molecular flexibility index (Phi) is 5.04. The largest absolute Gasteiger partial charge is 0.465 e. The van der Waals surface area contributed by atoms with Gasteiger partial charge in [0.15, 0.2) is 0 Å². The molecule has 1 N–H and O–H groups in total. The first-order valence-corrected chi connectivity index (χ1v) is 9.04. The summed E-state index contributed by atoms with van der Waals surface area (Å²) >= 11 is 0. The Morgan fingerprint density at radius 3 is 2.65 bits per heavy atom. The molecule has 1 atom stereocenters. The first-order valence-electron chi connectivity index (χ1n) is 7.22. The first-order chi connectivity index (χ1) is 9.47. The molecule has 0 aromatic heterocycles. The van der Waals surface area contributed by atoms with Gasteiger partial charge in [-0.3, -0.25) is 10.1 Å². The molecule has 0 radical (unpaired) electrons. The van der Waals surface area contributed by atoms with Gasteiger partial charge in [0, 0.05) is 13.2 Å². The van der Waals surface area contributed by atoms with Crippen LogP contribution in [0.3, 0.4) is 0 Å². The summed E-state index contributed by atoms with van der Waals surface area (Å²) in [6.45, 7) is 3.38. The Balaban J connectivity index is 2.02. The summed E-state index contributed by atoms with van der Waals surface area (Å²) in [5.41, 5.74) is -0.868. The minimum Gasteiger partial charge on any atom is -0.465 e. The molecule has 116 valence electrons. The second-order valence-electron chi connectivity index (χ2n) is 5.47. The highest BCUT2D eigenvalue weighted by Crippen LogP contribution is 2.26. The lowest BCUT2D eigenvalue weighted by Gasteiger charge is -2.36. The lowest BCUT2D eigenvalue weighted by atomic mass is 9.92. The van der Waals surface area contributed by atoms with E-state index in [1.165, 1.54) is 0 Å². The zero-order valence-electron chi connectivity index (χ0n) is 11.9. The fourth-order valence-electron chi connectivity index (χ4n) is 2.72. The zero-order valence-corrected chi connectivity index (χ0v) is 12.7. The monoisotopic (exact) mass is 305 g/mol. The molecule has 20 heavy (non-hydrogen) atoms. The Hall–Kier alpha value is -0.660. The third kappa shape index (κ3) is 3.71. The second-order valence-corrected chi connectivity index (χ2v) is 7.77. The maximum Gasteiger partial charge on any atom is 0.326 e. The first kappa shape index (κ1) is 15.7. The van der Waals surface area contributed by atoms with Gasteiger partial charge in [0.25, 0.3) is 0 Å². The van der Waals surface area contributed by atoms with Crippen molar-refractivity contribution in [2.45, 2.75) is 44.2 Å².